The lowest BCUT2D eigenvalue weighted by Crippen LogP contribution is -2.73. The number of nitrogens with one attached hydrogen (secondary N) is 5. The number of rotatable bonds is 69. The van der Waals surface area contributed by atoms with Gasteiger partial charge in [0.2, 0.25) is 29.5 Å². The maximum atomic E-state index is 14.7. The van der Waals surface area contributed by atoms with Crippen molar-refractivity contribution in [1.29, 1.82) is 0 Å². The highest BCUT2D eigenvalue weighted by atomic mass is 16.8. The van der Waals surface area contributed by atoms with Crippen LogP contribution in [-0.4, -0.2) is 483 Å². The third-order valence-electron chi connectivity index (χ3n) is 28.2. The summed E-state index contributed by atoms with van der Waals surface area (Å²) >= 11 is 0. The summed E-state index contributed by atoms with van der Waals surface area (Å²) in [7, 11) is 0. The van der Waals surface area contributed by atoms with Gasteiger partial charge in [0.1, 0.15) is 159 Å². The van der Waals surface area contributed by atoms with Crippen molar-refractivity contribution >= 4 is 47.4 Å². The van der Waals surface area contributed by atoms with Crippen molar-refractivity contribution < 1.29 is 237 Å². The van der Waals surface area contributed by atoms with E-state index in [0.29, 0.717) is 12.8 Å². The standard InChI is InChI=1S/C97H169N5O48/c1-6-8-10-12-14-16-18-20-21-22-23-25-27-29-31-33-35-37-65(120)101-53(54(114)36-34-32-30-28-26-24-19-17-15-13-11-9-7-2)49-137-89-77(128)76(127)80(63(46-108)140-89)142-91-79(130)87(150-97(94(135)136)40-57(117)69(102-66(121)48-110)85(148-97)75(126)62(45-107)145-95(92(131)132)38-55(115)67(98-50(3)111)83(146-95)71(122)58(118)41-103)81(64(47-109)141-91)143-88-70(100-52(5)113)82(73(124)60(43-105)138-88)144-90-78(129)86(74(125)61(44-106)139-90)149-96(93(133)134)39-56(116)68(99-51(4)112)84(147-96)72(123)59(119)42-104/h34,36,53-64,67-91,103-110,114-119,122-130H,6-33,35,37-49H2,1-5H3,(H,98,111)(H,99,112)(H,100,113)(H,101,120)(H,102,121)(H,131,132)(H,133,134)(H,135,136)/b36-34+/t53-,54+,55?,56?,57?,58+,59+,60?,61?,62+,63?,64?,67+,68+,69+,70?,71+,72+,73-,74-,75+,76+,77?,78?,79?,80+,81-,82+,83?,84?,85?,86-,87+,88-,89+,90-,91-,95+,96-,97-/m0/s1. The van der Waals surface area contributed by atoms with Crippen molar-refractivity contribution in [2.75, 3.05) is 59.5 Å². The number of hydrogen-bond donors (Lipinski definition) is 31. The highest BCUT2D eigenvalue weighted by Crippen LogP contribution is 2.45. The molecule has 0 aromatic rings. The summed E-state index contributed by atoms with van der Waals surface area (Å²) in [6.45, 7) is -4.75. The molecule has 150 heavy (non-hydrogen) atoms. The second-order valence-corrected chi connectivity index (χ2v) is 39.9. The van der Waals surface area contributed by atoms with Crippen LogP contribution in [0.2, 0.25) is 0 Å². The number of carbonyl (C=O) groups excluding carboxylic acids is 5. The number of aliphatic hydroxyl groups excluding tert-OH is 23. The number of carboxylic acids is 3. The molecule has 0 aliphatic carbocycles. The molecule has 0 aromatic heterocycles. The number of aliphatic carboxylic acids is 3. The van der Waals surface area contributed by atoms with Crippen LogP contribution in [0.1, 0.15) is 247 Å². The molecule has 0 aromatic carbocycles. The van der Waals surface area contributed by atoms with Gasteiger partial charge in [0.05, 0.1) is 101 Å². The Morgan fingerprint density at radius 3 is 1.15 bits per heavy atom. The Balaban J connectivity index is 1.26. The van der Waals surface area contributed by atoms with Gasteiger partial charge in [-0.1, -0.05) is 193 Å². The summed E-state index contributed by atoms with van der Waals surface area (Å²) in [4.78, 5) is 108. The van der Waals surface area contributed by atoms with Crippen molar-refractivity contribution in [1.82, 2.24) is 26.6 Å². The Labute approximate surface area is 869 Å². The van der Waals surface area contributed by atoms with Crippen molar-refractivity contribution in [2.45, 2.75) is 490 Å². The molecule has 7 aliphatic heterocycles. The number of allylic oxidation sites excluding steroid dienone is 1. The van der Waals surface area contributed by atoms with Crippen molar-refractivity contribution in [3.63, 3.8) is 0 Å². The molecular formula is C97H169N5O48. The SMILES string of the molecule is CCCCCCCCCCCCC/C=C/[C@@H](O)[C@H](CO[C@@H]1OC(CO)[C@@H](O[C@@H]2OC(CO)[C@H](O[C@@H]3OC(CO)[C@H](O)[C@H](O[C@@H]4OC(CO)[C@H](O)[C@H](O[C@]5(C(=O)O)CC(O)[C@@H](NC(C)=O)C([C@H](O)[C@H](O)CO)O5)C4O)C3NC(C)=O)[C@H](O[C@]3(C(=O)O)CC(O)[C@@H](NC(=O)CO)C([C@H](O)[C@@H](CO)O[C@]4(C(=O)O)CC(O)[C@@H](NC(C)=O)C([C@H](O)[C@H](O)CO)O4)O3)C2O)[C@H](O)C1O)NC(=O)CCCCCCCCCCCCCCCCCCC. The van der Waals surface area contributed by atoms with Gasteiger partial charge in [0, 0.05) is 46.5 Å². The molecule has 7 saturated heterocycles. The second kappa shape index (κ2) is 65.4. The first-order chi connectivity index (χ1) is 71.4. The van der Waals surface area contributed by atoms with Gasteiger partial charge in [-0.15, -0.1) is 0 Å². The lowest BCUT2D eigenvalue weighted by atomic mass is 9.87. The smallest absolute Gasteiger partial charge is 0.364 e. The van der Waals surface area contributed by atoms with E-state index in [1.54, 1.807) is 6.08 Å². The lowest BCUT2D eigenvalue weighted by Gasteiger charge is -2.53. The molecule has 5 amide bonds. The van der Waals surface area contributed by atoms with Crippen LogP contribution in [0.25, 0.3) is 0 Å². The molecule has 870 valence electrons. The zero-order valence-electron chi connectivity index (χ0n) is 85.8. The summed E-state index contributed by atoms with van der Waals surface area (Å²) < 4.78 is 84.5. The average molecular weight is 2170 g/mol. The van der Waals surface area contributed by atoms with Gasteiger partial charge in [0.25, 0.3) is 17.4 Å². The largest absolute Gasteiger partial charge is 0.477 e. The summed E-state index contributed by atoms with van der Waals surface area (Å²) in [5.41, 5.74) is 0. The molecule has 31 N–H and O–H groups in total. The van der Waals surface area contributed by atoms with Crippen LogP contribution in [0.15, 0.2) is 12.2 Å². The normalized spacial score (nSPS) is 35.0. The molecule has 0 bridgehead atoms. The van der Waals surface area contributed by atoms with Crippen LogP contribution in [0, 0.1) is 0 Å². The fourth-order valence-corrected chi connectivity index (χ4v) is 19.9. The summed E-state index contributed by atoms with van der Waals surface area (Å²) in [5.74, 6) is -22.7. The van der Waals surface area contributed by atoms with Gasteiger partial charge in [-0.25, -0.2) is 14.4 Å². The Morgan fingerprint density at radius 2 is 0.727 bits per heavy atom. The maximum Gasteiger partial charge on any atom is 0.364 e. The first kappa shape index (κ1) is 131. The highest BCUT2D eigenvalue weighted by Gasteiger charge is 2.66. The Morgan fingerprint density at radius 1 is 0.367 bits per heavy atom. The topological polar surface area (TPSA) is 852 Å². The van der Waals surface area contributed by atoms with Gasteiger partial charge in [0.15, 0.2) is 25.2 Å². The molecule has 53 nitrogen and oxygen atoms in total. The number of aliphatic hydroxyl groups is 23. The summed E-state index contributed by atoms with van der Waals surface area (Å²) in [6.07, 6.45) is -46.6. The van der Waals surface area contributed by atoms with E-state index in [4.69, 9.17) is 66.3 Å². The van der Waals surface area contributed by atoms with E-state index in [0.717, 1.165) is 104 Å². The molecule has 7 rings (SSSR count). The van der Waals surface area contributed by atoms with Crippen LogP contribution < -0.4 is 26.6 Å². The predicted octanol–water partition coefficient (Wildman–Crippen LogP) is -6.94. The monoisotopic (exact) mass is 2170 g/mol. The molecule has 0 saturated carbocycles. The minimum absolute atomic E-state index is 0.0390. The van der Waals surface area contributed by atoms with E-state index in [1.807, 2.05) is 0 Å². The zero-order chi connectivity index (χ0) is 111. The van der Waals surface area contributed by atoms with Gasteiger partial charge in [-0.3, -0.25) is 24.0 Å². The number of amides is 5. The second-order valence-electron chi connectivity index (χ2n) is 39.9. The van der Waals surface area contributed by atoms with Crippen LogP contribution in [0.4, 0.5) is 0 Å². The van der Waals surface area contributed by atoms with Crippen LogP contribution in [-0.2, 0) is 105 Å². The maximum absolute atomic E-state index is 14.7. The highest BCUT2D eigenvalue weighted by molar-refractivity contribution is 5.80. The van der Waals surface area contributed by atoms with Crippen LogP contribution in [0.5, 0.6) is 0 Å². The van der Waals surface area contributed by atoms with E-state index in [-0.39, 0.29) is 6.42 Å². The molecule has 0 spiro atoms. The van der Waals surface area contributed by atoms with E-state index >= 15 is 0 Å². The minimum Gasteiger partial charge on any atom is -0.477 e. The van der Waals surface area contributed by atoms with E-state index in [2.05, 4.69) is 40.4 Å². The van der Waals surface area contributed by atoms with Gasteiger partial charge >= 0.3 is 17.9 Å². The number of hydrogen-bond acceptors (Lipinski definition) is 45. The molecule has 7 fully saturated rings. The van der Waals surface area contributed by atoms with Crippen molar-refractivity contribution in [3.05, 3.63) is 12.2 Å². The fourth-order valence-electron chi connectivity index (χ4n) is 19.9. The summed E-state index contributed by atoms with van der Waals surface area (Å²) in [5, 5.41) is 309. The molecule has 40 atom stereocenters. The number of ether oxygens (including phenoxy) is 14. The van der Waals surface area contributed by atoms with Gasteiger partial charge < -0.3 is 226 Å². The van der Waals surface area contributed by atoms with Gasteiger partial charge in [-0.2, -0.15) is 0 Å². The Hall–Kier alpha value is -5.98. The van der Waals surface area contributed by atoms with E-state index in [1.165, 1.54) is 96.0 Å². The number of unbranched alkanes of at least 4 members (excludes halogenated alkanes) is 27. The zero-order valence-corrected chi connectivity index (χ0v) is 85.8. The third kappa shape index (κ3) is 37.1. The Bertz CT molecular complexity index is 3980. The molecule has 0 radical (unpaired) electrons. The quantitative estimate of drug-likeness (QED) is 0.0199. The molecule has 53 heteroatoms. The molecular weight excluding hydrogens is 2000 g/mol. The predicted molar refractivity (Wildman–Crippen MR) is 512 cm³/mol. The Kier molecular flexibility index (Phi) is 57.1. The number of carboxylic acid groups (broad SMARTS) is 3. The van der Waals surface area contributed by atoms with Crippen LogP contribution >= 0.6 is 0 Å². The van der Waals surface area contributed by atoms with Gasteiger partial charge in [-0.05, 0) is 19.3 Å². The molecule has 14 unspecified atom stereocenters. The minimum atomic E-state index is -3.88. The molecule has 7 heterocycles. The first-order valence-corrected chi connectivity index (χ1v) is 52.5. The fraction of sp³-hybridized carbons (Fsp3) is 0.897. The summed E-state index contributed by atoms with van der Waals surface area (Å²) in [6, 6.07) is -9.60. The first-order valence-electron chi connectivity index (χ1n) is 52.5. The lowest BCUT2D eigenvalue weighted by molar-refractivity contribution is -0.405. The van der Waals surface area contributed by atoms with E-state index in [9.17, 15) is 171 Å². The van der Waals surface area contributed by atoms with Crippen LogP contribution in [0.3, 0.4) is 0 Å². The van der Waals surface area contributed by atoms with Crippen molar-refractivity contribution in [3.8, 4) is 0 Å². The third-order valence-corrected chi connectivity index (χ3v) is 28.2. The van der Waals surface area contributed by atoms with Crippen molar-refractivity contribution in [2.24, 2.45) is 0 Å². The average Bonchev–Trinajstić information content (AvgIpc) is 0.733. The number of carbonyl (C=O) groups is 8. The molecule has 7 aliphatic rings. The van der Waals surface area contributed by atoms with E-state index < -0.39 is 370 Å².